The molecule has 5 heteroatoms. The number of nitrogens with zero attached hydrogens (tertiary/aromatic N) is 1. The van der Waals surface area contributed by atoms with Gasteiger partial charge >= 0.3 is 6.03 Å². The van der Waals surface area contributed by atoms with E-state index in [1.165, 1.54) is 0 Å². The summed E-state index contributed by atoms with van der Waals surface area (Å²) < 4.78 is 0. The highest BCUT2D eigenvalue weighted by atomic mass is 16.2. The van der Waals surface area contributed by atoms with Crippen LogP contribution in [0, 0.1) is 11.3 Å². The van der Waals surface area contributed by atoms with Gasteiger partial charge in [0.05, 0.1) is 0 Å². The van der Waals surface area contributed by atoms with Crippen molar-refractivity contribution in [3.63, 3.8) is 0 Å². The SMILES string of the molecule is CCC[C@H]1CCN(C(=O)C(NC(=O)NC)C(C)(C)C)C1C. The molecule has 2 N–H and O–H groups in total. The molecule has 0 aliphatic carbocycles. The molecule has 1 rings (SSSR count). The van der Waals surface area contributed by atoms with E-state index in [1.54, 1.807) is 7.05 Å². The normalized spacial score (nSPS) is 23.8. The van der Waals surface area contributed by atoms with Gasteiger partial charge in [-0.05, 0) is 31.1 Å². The van der Waals surface area contributed by atoms with E-state index in [0.29, 0.717) is 5.92 Å². The van der Waals surface area contributed by atoms with Crippen LogP contribution in [0.4, 0.5) is 4.79 Å². The van der Waals surface area contributed by atoms with Gasteiger partial charge in [-0.25, -0.2) is 4.79 Å². The monoisotopic (exact) mass is 297 g/mol. The van der Waals surface area contributed by atoms with Crippen molar-refractivity contribution < 1.29 is 9.59 Å². The minimum absolute atomic E-state index is 0.0391. The van der Waals surface area contributed by atoms with Crippen LogP contribution in [0.25, 0.3) is 0 Å². The lowest BCUT2D eigenvalue weighted by Gasteiger charge is -2.35. The number of likely N-dealkylation sites (tertiary alicyclic amines) is 1. The number of urea groups is 1. The van der Waals surface area contributed by atoms with Gasteiger partial charge < -0.3 is 15.5 Å². The molecule has 122 valence electrons. The van der Waals surface area contributed by atoms with Crippen LogP contribution in [0.5, 0.6) is 0 Å². The number of carbonyl (C=O) groups excluding carboxylic acids is 2. The molecule has 0 bridgehead atoms. The molecule has 0 saturated carbocycles. The van der Waals surface area contributed by atoms with Crippen molar-refractivity contribution in [1.29, 1.82) is 0 Å². The van der Waals surface area contributed by atoms with Crippen molar-refractivity contribution >= 4 is 11.9 Å². The first-order valence-corrected chi connectivity index (χ1v) is 8.01. The van der Waals surface area contributed by atoms with Gasteiger partial charge in [0.2, 0.25) is 5.91 Å². The fourth-order valence-electron chi connectivity index (χ4n) is 3.09. The summed E-state index contributed by atoms with van der Waals surface area (Å²) in [5.41, 5.74) is -0.313. The molecular weight excluding hydrogens is 266 g/mol. The summed E-state index contributed by atoms with van der Waals surface area (Å²) >= 11 is 0. The molecule has 1 aliphatic heterocycles. The first-order chi connectivity index (χ1) is 9.72. The molecule has 1 saturated heterocycles. The Morgan fingerprint density at radius 2 is 1.95 bits per heavy atom. The Hall–Kier alpha value is -1.26. The zero-order valence-electron chi connectivity index (χ0n) is 14.3. The van der Waals surface area contributed by atoms with Gasteiger partial charge in [0, 0.05) is 19.6 Å². The molecule has 1 heterocycles. The van der Waals surface area contributed by atoms with Crippen LogP contribution < -0.4 is 10.6 Å². The van der Waals surface area contributed by atoms with Gasteiger partial charge in [0.15, 0.2) is 0 Å². The Morgan fingerprint density at radius 3 is 2.43 bits per heavy atom. The number of nitrogens with one attached hydrogen (secondary N) is 2. The van der Waals surface area contributed by atoms with E-state index in [0.717, 1.165) is 25.8 Å². The Morgan fingerprint density at radius 1 is 1.33 bits per heavy atom. The van der Waals surface area contributed by atoms with E-state index >= 15 is 0 Å². The van der Waals surface area contributed by atoms with E-state index in [4.69, 9.17) is 0 Å². The largest absolute Gasteiger partial charge is 0.341 e. The Kier molecular flexibility index (Phi) is 6.05. The first kappa shape index (κ1) is 17.8. The van der Waals surface area contributed by atoms with Crippen LogP contribution in [0.2, 0.25) is 0 Å². The molecule has 0 aromatic heterocycles. The number of hydrogen-bond donors (Lipinski definition) is 2. The summed E-state index contributed by atoms with van der Waals surface area (Å²) in [7, 11) is 1.56. The minimum atomic E-state index is -0.500. The van der Waals surface area contributed by atoms with E-state index in [9.17, 15) is 9.59 Å². The Labute approximate surface area is 128 Å². The zero-order valence-corrected chi connectivity index (χ0v) is 14.3. The third-order valence-electron chi connectivity index (χ3n) is 4.47. The van der Waals surface area contributed by atoms with Crippen molar-refractivity contribution in [3.8, 4) is 0 Å². The standard InChI is InChI=1S/C16H31N3O2/c1-7-8-12-9-10-19(11(12)2)14(20)13(16(3,4)5)18-15(21)17-6/h11-13H,7-10H2,1-6H3,(H2,17,18,21)/t11?,12-,13?/m0/s1. The average molecular weight is 297 g/mol. The van der Waals surface area contributed by atoms with Crippen molar-refractivity contribution in [2.75, 3.05) is 13.6 Å². The van der Waals surface area contributed by atoms with E-state index < -0.39 is 6.04 Å². The second kappa shape index (κ2) is 7.14. The second-order valence-electron chi connectivity index (χ2n) is 7.13. The van der Waals surface area contributed by atoms with E-state index in [1.807, 2.05) is 25.7 Å². The molecule has 0 aromatic rings. The lowest BCUT2D eigenvalue weighted by atomic mass is 9.85. The van der Waals surface area contributed by atoms with Gasteiger partial charge in [-0.15, -0.1) is 0 Å². The maximum Gasteiger partial charge on any atom is 0.315 e. The third-order valence-corrected chi connectivity index (χ3v) is 4.47. The van der Waals surface area contributed by atoms with Crippen molar-refractivity contribution in [3.05, 3.63) is 0 Å². The topological polar surface area (TPSA) is 61.4 Å². The molecule has 21 heavy (non-hydrogen) atoms. The highest BCUT2D eigenvalue weighted by Crippen LogP contribution is 2.30. The molecule has 1 aliphatic rings. The molecule has 0 spiro atoms. The predicted octanol–water partition coefficient (Wildman–Crippen LogP) is 2.37. The molecule has 0 radical (unpaired) electrons. The summed E-state index contributed by atoms with van der Waals surface area (Å²) in [5, 5.41) is 5.34. The molecule has 3 atom stereocenters. The summed E-state index contributed by atoms with van der Waals surface area (Å²) in [6.07, 6.45) is 3.38. The molecule has 0 aromatic carbocycles. The van der Waals surface area contributed by atoms with Gasteiger partial charge in [-0.2, -0.15) is 0 Å². The van der Waals surface area contributed by atoms with E-state index in [-0.39, 0.29) is 23.4 Å². The summed E-state index contributed by atoms with van der Waals surface area (Å²) in [4.78, 5) is 26.5. The molecular formula is C16H31N3O2. The van der Waals surface area contributed by atoms with Crippen LogP contribution in [-0.2, 0) is 4.79 Å². The Bertz CT molecular complexity index is 376. The van der Waals surface area contributed by atoms with Gasteiger partial charge in [0.1, 0.15) is 6.04 Å². The molecule has 3 amide bonds. The fraction of sp³-hybridized carbons (Fsp3) is 0.875. The smallest absolute Gasteiger partial charge is 0.315 e. The maximum absolute atomic E-state index is 12.9. The van der Waals surface area contributed by atoms with Gasteiger partial charge in [-0.3, -0.25) is 4.79 Å². The first-order valence-electron chi connectivity index (χ1n) is 8.01. The number of hydrogen-bond acceptors (Lipinski definition) is 2. The lowest BCUT2D eigenvalue weighted by Crippen LogP contribution is -2.57. The predicted molar refractivity (Wildman–Crippen MR) is 85.0 cm³/mol. The minimum Gasteiger partial charge on any atom is -0.341 e. The van der Waals surface area contributed by atoms with Crippen molar-refractivity contribution in [2.24, 2.45) is 11.3 Å². The molecule has 1 fully saturated rings. The van der Waals surface area contributed by atoms with Crippen LogP contribution in [-0.4, -0.2) is 42.5 Å². The summed E-state index contributed by atoms with van der Waals surface area (Å²) in [5.74, 6) is 0.622. The number of rotatable bonds is 4. The lowest BCUT2D eigenvalue weighted by molar-refractivity contribution is -0.136. The Balaban J connectivity index is 2.84. The van der Waals surface area contributed by atoms with Crippen LogP contribution in [0.1, 0.15) is 53.9 Å². The third kappa shape index (κ3) is 4.35. The highest BCUT2D eigenvalue weighted by molar-refractivity contribution is 5.88. The van der Waals surface area contributed by atoms with Crippen LogP contribution in [0.3, 0.4) is 0 Å². The number of amides is 3. The summed E-state index contributed by atoms with van der Waals surface area (Å²) in [6, 6.07) is -0.547. The highest BCUT2D eigenvalue weighted by Gasteiger charge is 2.40. The molecule has 2 unspecified atom stereocenters. The van der Waals surface area contributed by atoms with Crippen LogP contribution in [0.15, 0.2) is 0 Å². The van der Waals surface area contributed by atoms with Crippen molar-refractivity contribution in [2.45, 2.75) is 66.0 Å². The number of carbonyl (C=O) groups is 2. The fourth-order valence-corrected chi connectivity index (χ4v) is 3.09. The van der Waals surface area contributed by atoms with Gasteiger partial charge in [-0.1, -0.05) is 34.1 Å². The quantitative estimate of drug-likeness (QED) is 0.837. The van der Waals surface area contributed by atoms with Crippen molar-refractivity contribution in [1.82, 2.24) is 15.5 Å². The van der Waals surface area contributed by atoms with Crippen LogP contribution >= 0.6 is 0 Å². The molecule has 5 nitrogen and oxygen atoms in total. The van der Waals surface area contributed by atoms with Gasteiger partial charge in [0.25, 0.3) is 0 Å². The second-order valence-corrected chi connectivity index (χ2v) is 7.13. The van der Waals surface area contributed by atoms with E-state index in [2.05, 4.69) is 24.5 Å². The summed E-state index contributed by atoms with van der Waals surface area (Å²) in [6.45, 7) is 11.1. The average Bonchev–Trinajstić information content (AvgIpc) is 2.76. The zero-order chi connectivity index (χ0) is 16.2. The maximum atomic E-state index is 12.9.